The molecule has 1 aromatic carbocycles. The van der Waals surface area contributed by atoms with Gasteiger partial charge >= 0.3 is 5.97 Å². The van der Waals surface area contributed by atoms with Crippen molar-refractivity contribution in [2.24, 2.45) is 0 Å². The zero-order valence-electron chi connectivity index (χ0n) is 10.5. The Morgan fingerprint density at radius 2 is 2.20 bits per heavy atom. The molecule has 0 aliphatic heterocycles. The highest BCUT2D eigenvalue weighted by molar-refractivity contribution is 5.98. The molecule has 0 fully saturated rings. The van der Waals surface area contributed by atoms with Crippen LogP contribution in [0.25, 0.3) is 11.0 Å². The Bertz CT molecular complexity index is 661. The van der Waals surface area contributed by atoms with Crippen molar-refractivity contribution in [1.82, 2.24) is 0 Å². The molecule has 1 heterocycles. The number of non-ortho nitro benzene ring substituents is 1. The molecule has 1 aromatic heterocycles. The molecule has 0 unspecified atom stereocenters. The molecule has 1 N–H and O–H groups in total. The van der Waals surface area contributed by atoms with Gasteiger partial charge in [-0.1, -0.05) is 0 Å². The minimum atomic E-state index is -1.31. The van der Waals surface area contributed by atoms with E-state index in [2.05, 4.69) is 0 Å². The molecule has 0 saturated heterocycles. The van der Waals surface area contributed by atoms with Crippen LogP contribution in [0.3, 0.4) is 0 Å². The number of carbonyl (C=O) groups is 1. The second kappa shape index (κ2) is 5.57. The van der Waals surface area contributed by atoms with Crippen LogP contribution in [0, 0.1) is 10.1 Å². The molecule has 2 rings (SSSR count). The highest BCUT2D eigenvalue weighted by atomic mass is 16.6. The lowest BCUT2D eigenvalue weighted by Crippen LogP contribution is -2.06. The van der Waals surface area contributed by atoms with Gasteiger partial charge in [0.15, 0.2) is 5.75 Å². The van der Waals surface area contributed by atoms with E-state index in [0.29, 0.717) is 0 Å². The van der Waals surface area contributed by atoms with Crippen LogP contribution in [0.4, 0.5) is 5.69 Å². The summed E-state index contributed by atoms with van der Waals surface area (Å²) in [6.45, 7) is 0.356. The molecule has 0 aliphatic rings. The van der Waals surface area contributed by atoms with Gasteiger partial charge in [-0.05, 0) is 6.07 Å². The van der Waals surface area contributed by atoms with Gasteiger partial charge in [-0.2, -0.15) is 0 Å². The molecule has 8 nitrogen and oxygen atoms in total. The first-order chi connectivity index (χ1) is 9.54. The van der Waals surface area contributed by atoms with E-state index in [1.54, 1.807) is 0 Å². The Morgan fingerprint density at radius 1 is 1.45 bits per heavy atom. The minimum Gasteiger partial charge on any atom is -0.486 e. The second-order valence-corrected chi connectivity index (χ2v) is 3.84. The van der Waals surface area contributed by atoms with Crippen LogP contribution >= 0.6 is 0 Å². The quantitative estimate of drug-likeness (QED) is 0.490. The van der Waals surface area contributed by atoms with Crippen LogP contribution in [-0.4, -0.2) is 36.3 Å². The molecule has 0 radical (unpaired) electrons. The van der Waals surface area contributed by atoms with Crippen LogP contribution < -0.4 is 4.74 Å². The number of nitro groups is 1. The van der Waals surface area contributed by atoms with Crippen LogP contribution in [0.5, 0.6) is 5.75 Å². The maximum Gasteiger partial charge on any atom is 0.375 e. The monoisotopic (exact) mass is 281 g/mol. The number of aromatic carboxylic acids is 1. The molecule has 0 bridgehead atoms. The van der Waals surface area contributed by atoms with Crippen LogP contribution in [0.15, 0.2) is 22.6 Å². The Balaban J connectivity index is 2.52. The lowest BCUT2D eigenvalue weighted by molar-refractivity contribution is -0.384. The maximum absolute atomic E-state index is 11.1. The first kappa shape index (κ1) is 13.8. The average molecular weight is 281 g/mol. The summed E-state index contributed by atoms with van der Waals surface area (Å²) in [5.74, 6) is -1.74. The number of nitrogens with zero attached hydrogens (tertiary/aromatic N) is 1. The highest BCUT2D eigenvalue weighted by Crippen LogP contribution is 2.35. The predicted octanol–water partition coefficient (Wildman–Crippen LogP) is 2.06. The van der Waals surface area contributed by atoms with Crippen LogP contribution in [-0.2, 0) is 4.74 Å². The molecule has 0 saturated carbocycles. The lowest BCUT2D eigenvalue weighted by atomic mass is 10.2. The van der Waals surface area contributed by atoms with Gasteiger partial charge in [-0.3, -0.25) is 10.1 Å². The molecular formula is C12H11NO7. The number of furan rings is 1. The summed E-state index contributed by atoms with van der Waals surface area (Å²) in [5, 5.41) is 20.1. The minimum absolute atomic E-state index is 0.0340. The van der Waals surface area contributed by atoms with Crippen molar-refractivity contribution in [1.29, 1.82) is 0 Å². The third-order valence-electron chi connectivity index (χ3n) is 2.56. The van der Waals surface area contributed by atoms with Gasteiger partial charge in [0, 0.05) is 19.2 Å². The summed E-state index contributed by atoms with van der Waals surface area (Å²) in [5.41, 5.74) is 0.0345. The molecule has 20 heavy (non-hydrogen) atoms. The Labute approximate surface area is 112 Å². The molecule has 2 aromatic rings. The van der Waals surface area contributed by atoms with E-state index in [-0.39, 0.29) is 35.6 Å². The van der Waals surface area contributed by atoms with Gasteiger partial charge in [0.1, 0.15) is 12.2 Å². The van der Waals surface area contributed by atoms with Gasteiger partial charge in [-0.15, -0.1) is 0 Å². The molecule has 0 aliphatic carbocycles. The third-order valence-corrected chi connectivity index (χ3v) is 2.56. The van der Waals surface area contributed by atoms with Gasteiger partial charge < -0.3 is 19.0 Å². The van der Waals surface area contributed by atoms with Gasteiger partial charge in [0.2, 0.25) is 0 Å². The fraction of sp³-hybridized carbons (Fsp3) is 0.250. The predicted molar refractivity (Wildman–Crippen MR) is 67.2 cm³/mol. The zero-order chi connectivity index (χ0) is 14.7. The number of benzene rings is 1. The summed E-state index contributed by atoms with van der Waals surface area (Å²) in [4.78, 5) is 21.3. The van der Waals surface area contributed by atoms with E-state index in [1.165, 1.54) is 25.3 Å². The van der Waals surface area contributed by atoms with Gasteiger partial charge in [-0.25, -0.2) is 4.79 Å². The van der Waals surface area contributed by atoms with E-state index in [9.17, 15) is 14.9 Å². The van der Waals surface area contributed by atoms with Crippen molar-refractivity contribution in [2.75, 3.05) is 20.3 Å². The second-order valence-electron chi connectivity index (χ2n) is 3.84. The van der Waals surface area contributed by atoms with E-state index < -0.39 is 16.7 Å². The zero-order valence-corrected chi connectivity index (χ0v) is 10.5. The summed E-state index contributed by atoms with van der Waals surface area (Å²) >= 11 is 0. The maximum atomic E-state index is 11.1. The van der Waals surface area contributed by atoms with Crippen molar-refractivity contribution >= 4 is 22.6 Å². The fourth-order valence-corrected chi connectivity index (χ4v) is 1.69. The van der Waals surface area contributed by atoms with E-state index in [1.807, 2.05) is 0 Å². The molecule has 0 amide bonds. The number of rotatable bonds is 6. The van der Waals surface area contributed by atoms with Crippen LogP contribution in [0.1, 0.15) is 10.6 Å². The molecule has 106 valence electrons. The smallest absolute Gasteiger partial charge is 0.375 e. The molecular weight excluding hydrogens is 270 g/mol. The van der Waals surface area contributed by atoms with Crippen LogP contribution in [0.2, 0.25) is 0 Å². The number of nitro benzene ring substituents is 1. The summed E-state index contributed by atoms with van der Waals surface area (Å²) in [7, 11) is 1.47. The summed E-state index contributed by atoms with van der Waals surface area (Å²) in [6, 6.07) is 3.78. The Hall–Kier alpha value is -2.61. The lowest BCUT2D eigenvalue weighted by Gasteiger charge is -2.04. The molecule has 8 heteroatoms. The summed E-state index contributed by atoms with van der Waals surface area (Å²) in [6.07, 6.45) is 0. The number of ether oxygens (including phenoxy) is 2. The van der Waals surface area contributed by atoms with Crippen molar-refractivity contribution in [2.45, 2.75) is 0 Å². The number of methoxy groups -OCH3 is 1. The fourth-order valence-electron chi connectivity index (χ4n) is 1.69. The van der Waals surface area contributed by atoms with E-state index in [0.717, 1.165) is 0 Å². The van der Waals surface area contributed by atoms with E-state index >= 15 is 0 Å². The molecule has 0 spiro atoms. The highest BCUT2D eigenvalue weighted by Gasteiger charge is 2.23. The van der Waals surface area contributed by atoms with Gasteiger partial charge in [0.25, 0.3) is 11.4 Å². The van der Waals surface area contributed by atoms with Crippen molar-refractivity contribution in [3.8, 4) is 5.75 Å². The number of carboxylic acids is 1. The standard InChI is InChI=1S/C12H11NO7/c1-18-4-5-19-10-8-6-7(13(16)17)2-3-9(8)20-11(10)12(14)15/h2-3,6H,4-5H2,1H3,(H,14,15). The summed E-state index contributed by atoms with van der Waals surface area (Å²) < 4.78 is 15.2. The third kappa shape index (κ3) is 2.54. The van der Waals surface area contributed by atoms with Crippen molar-refractivity contribution < 1.29 is 28.7 Å². The number of hydrogen-bond acceptors (Lipinski definition) is 6. The first-order valence-electron chi connectivity index (χ1n) is 5.60. The number of fused-ring (bicyclic) bond motifs is 1. The van der Waals surface area contributed by atoms with Crippen molar-refractivity contribution in [3.63, 3.8) is 0 Å². The normalized spacial score (nSPS) is 10.7. The van der Waals surface area contributed by atoms with Crippen molar-refractivity contribution in [3.05, 3.63) is 34.1 Å². The molecule has 0 atom stereocenters. The topological polar surface area (TPSA) is 112 Å². The largest absolute Gasteiger partial charge is 0.486 e. The van der Waals surface area contributed by atoms with E-state index in [4.69, 9.17) is 19.0 Å². The Morgan fingerprint density at radius 3 is 2.80 bits per heavy atom. The SMILES string of the molecule is COCCOc1c(C(=O)O)oc2ccc([N+](=O)[O-])cc12. The Kier molecular flexibility index (Phi) is 3.85. The number of carboxylic acid groups (broad SMARTS) is 1. The first-order valence-corrected chi connectivity index (χ1v) is 5.60. The van der Waals surface area contributed by atoms with Gasteiger partial charge in [0.05, 0.1) is 16.9 Å². The average Bonchev–Trinajstić information content (AvgIpc) is 2.77. The number of hydrogen-bond donors (Lipinski definition) is 1.